The van der Waals surface area contributed by atoms with Crippen LogP contribution >= 0.6 is 11.6 Å². The molecular formula is C16H29ClN4O. The zero-order chi connectivity index (χ0) is 16.1. The van der Waals surface area contributed by atoms with Crippen molar-refractivity contribution in [1.82, 2.24) is 20.0 Å². The number of aryl methyl sites for hydroxylation is 2. The lowest BCUT2D eigenvalue weighted by molar-refractivity contribution is 0.0906. The predicted molar refractivity (Wildman–Crippen MR) is 90.1 cm³/mol. The molecular weight excluding hydrogens is 300 g/mol. The first-order valence-electron chi connectivity index (χ1n) is 8.32. The third-order valence-corrected chi connectivity index (χ3v) is 4.99. The van der Waals surface area contributed by atoms with E-state index in [1.807, 2.05) is 7.05 Å². The van der Waals surface area contributed by atoms with Crippen molar-refractivity contribution >= 4 is 11.6 Å². The van der Waals surface area contributed by atoms with Crippen LogP contribution in [-0.2, 0) is 20.0 Å². The molecule has 5 nitrogen and oxygen atoms in total. The van der Waals surface area contributed by atoms with Gasteiger partial charge in [0.1, 0.15) is 5.15 Å². The predicted octanol–water partition coefficient (Wildman–Crippen LogP) is 1.82. The minimum absolute atomic E-state index is 0.339. The quantitative estimate of drug-likeness (QED) is 0.801. The van der Waals surface area contributed by atoms with Crippen LogP contribution in [0.1, 0.15) is 37.9 Å². The van der Waals surface area contributed by atoms with Gasteiger partial charge >= 0.3 is 0 Å². The van der Waals surface area contributed by atoms with Crippen molar-refractivity contribution in [2.45, 2.75) is 45.8 Å². The van der Waals surface area contributed by atoms with Crippen LogP contribution in [0.4, 0.5) is 0 Å². The number of likely N-dealkylation sites (tertiary alicyclic amines) is 1. The fourth-order valence-corrected chi connectivity index (χ4v) is 3.24. The van der Waals surface area contributed by atoms with Crippen molar-refractivity contribution in [3.63, 3.8) is 0 Å². The summed E-state index contributed by atoms with van der Waals surface area (Å²) >= 11 is 6.27. The van der Waals surface area contributed by atoms with Crippen LogP contribution in [0.3, 0.4) is 0 Å². The highest BCUT2D eigenvalue weighted by Gasteiger charge is 2.18. The SMILES string of the molecule is CCc1nn(C)c(Cl)c1CNCC(O)CN1CCC(C)CC1. The maximum atomic E-state index is 10.2. The van der Waals surface area contributed by atoms with Gasteiger partial charge in [0.05, 0.1) is 11.8 Å². The van der Waals surface area contributed by atoms with Gasteiger partial charge in [-0.05, 0) is 38.3 Å². The molecule has 0 spiro atoms. The van der Waals surface area contributed by atoms with Gasteiger partial charge in [0, 0.05) is 32.2 Å². The topological polar surface area (TPSA) is 53.3 Å². The number of nitrogens with zero attached hydrogens (tertiary/aromatic N) is 3. The monoisotopic (exact) mass is 328 g/mol. The summed E-state index contributed by atoms with van der Waals surface area (Å²) in [4.78, 5) is 2.36. The molecule has 1 aliphatic heterocycles. The van der Waals surface area contributed by atoms with Gasteiger partial charge in [0.15, 0.2) is 0 Å². The van der Waals surface area contributed by atoms with Crippen LogP contribution in [0, 0.1) is 5.92 Å². The van der Waals surface area contributed by atoms with E-state index in [-0.39, 0.29) is 6.10 Å². The van der Waals surface area contributed by atoms with Gasteiger partial charge in [-0.2, -0.15) is 5.10 Å². The molecule has 0 saturated carbocycles. The fraction of sp³-hybridized carbons (Fsp3) is 0.812. The van der Waals surface area contributed by atoms with Crippen LogP contribution in [0.25, 0.3) is 0 Å². The van der Waals surface area contributed by atoms with Crippen LogP contribution < -0.4 is 5.32 Å². The minimum Gasteiger partial charge on any atom is -0.390 e. The lowest BCUT2D eigenvalue weighted by atomic mass is 9.99. The van der Waals surface area contributed by atoms with Gasteiger partial charge < -0.3 is 15.3 Å². The molecule has 6 heteroatoms. The summed E-state index contributed by atoms with van der Waals surface area (Å²) in [5.74, 6) is 0.826. The molecule has 1 unspecified atom stereocenters. The highest BCUT2D eigenvalue weighted by molar-refractivity contribution is 6.30. The molecule has 0 aromatic carbocycles. The molecule has 1 aromatic heterocycles. The van der Waals surface area contributed by atoms with Gasteiger partial charge in [-0.1, -0.05) is 25.4 Å². The molecule has 1 saturated heterocycles. The minimum atomic E-state index is -0.339. The number of hydrogen-bond acceptors (Lipinski definition) is 4. The molecule has 1 fully saturated rings. The van der Waals surface area contributed by atoms with Crippen molar-refractivity contribution in [3.8, 4) is 0 Å². The van der Waals surface area contributed by atoms with E-state index >= 15 is 0 Å². The summed E-state index contributed by atoms with van der Waals surface area (Å²) in [7, 11) is 1.86. The van der Waals surface area contributed by atoms with Gasteiger partial charge in [-0.3, -0.25) is 4.68 Å². The summed E-state index contributed by atoms with van der Waals surface area (Å²) in [6, 6.07) is 0. The number of rotatable bonds is 7. The number of hydrogen-bond donors (Lipinski definition) is 2. The Labute approximate surface area is 138 Å². The number of nitrogens with one attached hydrogen (secondary N) is 1. The molecule has 0 bridgehead atoms. The highest BCUT2D eigenvalue weighted by Crippen LogP contribution is 2.19. The Morgan fingerprint density at radius 3 is 2.73 bits per heavy atom. The van der Waals surface area contributed by atoms with E-state index in [1.54, 1.807) is 4.68 Å². The Bertz CT molecular complexity index is 469. The van der Waals surface area contributed by atoms with E-state index in [4.69, 9.17) is 11.6 Å². The third kappa shape index (κ3) is 4.69. The number of piperidine rings is 1. The molecule has 2 N–H and O–H groups in total. The summed E-state index contributed by atoms with van der Waals surface area (Å²) in [6.45, 7) is 8.58. The molecule has 126 valence electrons. The number of β-amino-alcohol motifs (C(OH)–C–C–N with tert-alkyl or cyclic N) is 1. The number of aliphatic hydroxyl groups is 1. The Morgan fingerprint density at radius 1 is 1.41 bits per heavy atom. The van der Waals surface area contributed by atoms with Gasteiger partial charge in [0.25, 0.3) is 0 Å². The molecule has 0 aliphatic carbocycles. The molecule has 1 aliphatic rings. The summed E-state index contributed by atoms with van der Waals surface area (Å²) in [5, 5.41) is 18.6. The molecule has 0 radical (unpaired) electrons. The first-order chi connectivity index (χ1) is 10.5. The molecule has 2 heterocycles. The maximum absolute atomic E-state index is 10.2. The molecule has 1 atom stereocenters. The van der Waals surface area contributed by atoms with E-state index < -0.39 is 0 Å². The maximum Gasteiger partial charge on any atom is 0.131 e. The van der Waals surface area contributed by atoms with Gasteiger partial charge in [-0.15, -0.1) is 0 Å². The van der Waals surface area contributed by atoms with Crippen LogP contribution in [0.2, 0.25) is 5.15 Å². The Balaban J connectivity index is 1.74. The fourth-order valence-electron chi connectivity index (χ4n) is 3.03. The smallest absolute Gasteiger partial charge is 0.131 e. The molecule has 2 rings (SSSR count). The Hall–Kier alpha value is -0.620. The largest absolute Gasteiger partial charge is 0.390 e. The van der Waals surface area contributed by atoms with Gasteiger partial charge in [-0.25, -0.2) is 0 Å². The van der Waals surface area contributed by atoms with Crippen molar-refractivity contribution < 1.29 is 5.11 Å². The summed E-state index contributed by atoms with van der Waals surface area (Å²) in [5.41, 5.74) is 2.07. The van der Waals surface area contributed by atoms with Crippen LogP contribution in [0.15, 0.2) is 0 Å². The first kappa shape index (κ1) is 17.7. The lowest BCUT2D eigenvalue weighted by Crippen LogP contribution is -2.41. The van der Waals surface area contributed by atoms with E-state index in [2.05, 4.69) is 29.2 Å². The number of halogens is 1. The average molecular weight is 329 g/mol. The van der Waals surface area contributed by atoms with Gasteiger partial charge in [0.2, 0.25) is 0 Å². The second-order valence-corrected chi connectivity index (χ2v) is 6.82. The average Bonchev–Trinajstić information content (AvgIpc) is 2.77. The van der Waals surface area contributed by atoms with Crippen molar-refractivity contribution in [2.24, 2.45) is 13.0 Å². The Morgan fingerprint density at radius 2 is 2.09 bits per heavy atom. The third-order valence-electron chi connectivity index (χ3n) is 4.51. The number of aromatic nitrogens is 2. The Kier molecular flexibility index (Phi) is 6.68. The molecule has 1 aromatic rings. The van der Waals surface area contributed by atoms with Crippen molar-refractivity contribution in [2.75, 3.05) is 26.2 Å². The van der Waals surface area contributed by atoms with E-state index in [0.29, 0.717) is 18.2 Å². The highest BCUT2D eigenvalue weighted by atomic mass is 35.5. The van der Waals surface area contributed by atoms with Crippen molar-refractivity contribution in [3.05, 3.63) is 16.4 Å². The normalized spacial score (nSPS) is 18.8. The standard InChI is InChI=1S/C16H29ClN4O/c1-4-15-14(16(17)20(3)19-15)10-18-9-13(22)11-21-7-5-12(2)6-8-21/h12-13,18,22H,4-11H2,1-3H3. The molecule has 22 heavy (non-hydrogen) atoms. The first-order valence-corrected chi connectivity index (χ1v) is 8.70. The number of aliphatic hydroxyl groups excluding tert-OH is 1. The summed E-state index contributed by atoms with van der Waals surface area (Å²) < 4.78 is 1.71. The second-order valence-electron chi connectivity index (χ2n) is 6.46. The zero-order valence-electron chi connectivity index (χ0n) is 14.0. The van der Waals surface area contributed by atoms with E-state index in [0.717, 1.165) is 43.2 Å². The zero-order valence-corrected chi connectivity index (χ0v) is 14.7. The lowest BCUT2D eigenvalue weighted by Gasteiger charge is -2.31. The van der Waals surface area contributed by atoms with E-state index in [9.17, 15) is 5.11 Å². The van der Waals surface area contributed by atoms with Crippen molar-refractivity contribution in [1.29, 1.82) is 0 Å². The van der Waals surface area contributed by atoms with E-state index in [1.165, 1.54) is 12.8 Å². The second kappa shape index (κ2) is 8.29. The molecule has 0 amide bonds. The van der Waals surface area contributed by atoms with Crippen LogP contribution in [0.5, 0.6) is 0 Å². The van der Waals surface area contributed by atoms with Crippen LogP contribution in [-0.4, -0.2) is 52.1 Å². The summed E-state index contributed by atoms with van der Waals surface area (Å²) in [6.07, 6.45) is 3.01.